The summed E-state index contributed by atoms with van der Waals surface area (Å²) in [6, 6.07) is 4.70. The Kier molecular flexibility index (Phi) is 3.47. The molecule has 1 fully saturated rings. The van der Waals surface area contributed by atoms with E-state index < -0.39 is 17.5 Å². The van der Waals surface area contributed by atoms with Crippen molar-refractivity contribution in [3.05, 3.63) is 52.8 Å². The molecule has 10 heteroatoms. The van der Waals surface area contributed by atoms with Gasteiger partial charge in [0.05, 0.1) is 19.3 Å². The van der Waals surface area contributed by atoms with Crippen LogP contribution in [0.4, 0.5) is 4.79 Å². The first-order valence-corrected chi connectivity index (χ1v) is 9.40. The minimum absolute atomic E-state index is 0.0226. The maximum Gasteiger partial charge on any atom is 0.322 e. The summed E-state index contributed by atoms with van der Waals surface area (Å²) in [5.74, 6) is -0.155. The molecule has 0 aliphatic carbocycles. The van der Waals surface area contributed by atoms with Crippen LogP contribution in [0.1, 0.15) is 21.6 Å². The first-order chi connectivity index (χ1) is 13.5. The van der Waals surface area contributed by atoms with Crippen LogP contribution >= 0.6 is 11.3 Å². The van der Waals surface area contributed by atoms with Gasteiger partial charge in [-0.1, -0.05) is 6.07 Å². The minimum atomic E-state index is -1.44. The maximum atomic E-state index is 12.9. The van der Waals surface area contributed by atoms with Crippen LogP contribution in [0, 0.1) is 0 Å². The largest absolute Gasteiger partial charge is 0.497 e. The van der Waals surface area contributed by atoms with Crippen LogP contribution in [0.3, 0.4) is 0 Å². The topological polar surface area (TPSA) is 105 Å². The molecule has 2 aliphatic rings. The highest BCUT2D eigenvalue weighted by molar-refractivity contribution is 7.15. The quantitative estimate of drug-likeness (QED) is 0.642. The minimum Gasteiger partial charge on any atom is -0.497 e. The van der Waals surface area contributed by atoms with Gasteiger partial charge in [0.1, 0.15) is 5.75 Å². The Labute approximate surface area is 162 Å². The lowest BCUT2D eigenvalue weighted by Crippen LogP contribution is -2.53. The van der Waals surface area contributed by atoms with Crippen LogP contribution in [0.15, 0.2) is 36.0 Å². The molecule has 1 atom stereocenters. The molecule has 1 saturated heterocycles. The molecule has 1 aromatic carbocycles. The van der Waals surface area contributed by atoms with Gasteiger partial charge < -0.3 is 15.0 Å². The third-order valence-electron chi connectivity index (χ3n) is 5.10. The van der Waals surface area contributed by atoms with Crippen molar-refractivity contribution < 1.29 is 19.1 Å². The zero-order chi connectivity index (χ0) is 19.5. The van der Waals surface area contributed by atoms with Crippen LogP contribution in [-0.4, -0.2) is 45.8 Å². The molecular weight excluding hydrogens is 382 g/mol. The zero-order valence-electron chi connectivity index (χ0n) is 14.8. The summed E-state index contributed by atoms with van der Waals surface area (Å²) in [6.07, 6.45) is 3.52. The second-order valence-electron chi connectivity index (χ2n) is 6.72. The summed E-state index contributed by atoms with van der Waals surface area (Å²) in [7, 11) is 1.54. The summed E-state index contributed by atoms with van der Waals surface area (Å²) in [5, 5.41) is 6.84. The van der Waals surface area contributed by atoms with Gasteiger partial charge in [0, 0.05) is 29.9 Å². The molecule has 5 rings (SSSR count). The Balaban J connectivity index is 1.53. The van der Waals surface area contributed by atoms with E-state index in [0.717, 1.165) is 5.56 Å². The number of carbonyl (C=O) groups is 3. The molecule has 1 unspecified atom stereocenters. The number of amides is 4. The van der Waals surface area contributed by atoms with Crippen LogP contribution in [-0.2, 0) is 16.9 Å². The molecule has 3 aromatic rings. The zero-order valence-corrected chi connectivity index (χ0v) is 15.6. The number of hydrogen-bond acceptors (Lipinski definition) is 6. The molecule has 0 radical (unpaired) electrons. The van der Waals surface area contributed by atoms with Gasteiger partial charge >= 0.3 is 6.03 Å². The average Bonchev–Trinajstić information content (AvgIpc) is 3.40. The average molecular weight is 397 g/mol. The van der Waals surface area contributed by atoms with Crippen molar-refractivity contribution in [2.24, 2.45) is 0 Å². The number of benzene rings is 1. The van der Waals surface area contributed by atoms with Crippen molar-refractivity contribution in [1.82, 2.24) is 24.9 Å². The van der Waals surface area contributed by atoms with E-state index in [4.69, 9.17) is 4.74 Å². The highest BCUT2D eigenvalue weighted by Crippen LogP contribution is 2.32. The number of rotatable bonds is 4. The van der Waals surface area contributed by atoms with Gasteiger partial charge in [0.25, 0.3) is 11.8 Å². The van der Waals surface area contributed by atoms with Gasteiger partial charge in [-0.05, 0) is 17.7 Å². The Hall–Kier alpha value is -3.40. The van der Waals surface area contributed by atoms with E-state index >= 15 is 0 Å². The number of hydrogen-bond donors (Lipinski definition) is 2. The second kappa shape index (κ2) is 5.80. The van der Waals surface area contributed by atoms with Gasteiger partial charge in [0.2, 0.25) is 0 Å². The molecule has 9 nitrogen and oxygen atoms in total. The predicted octanol–water partition coefficient (Wildman–Crippen LogP) is 1.10. The van der Waals surface area contributed by atoms with Crippen molar-refractivity contribution in [3.63, 3.8) is 0 Å². The highest BCUT2D eigenvalue weighted by atomic mass is 32.1. The van der Waals surface area contributed by atoms with Gasteiger partial charge in [-0.3, -0.25) is 19.3 Å². The predicted molar refractivity (Wildman–Crippen MR) is 99.2 cm³/mol. The second-order valence-corrected chi connectivity index (χ2v) is 7.59. The lowest BCUT2D eigenvalue weighted by atomic mass is 9.95. The number of methoxy groups -OCH3 is 1. The monoisotopic (exact) mass is 397 g/mol. The normalized spacial score (nSPS) is 21.2. The number of thiazole rings is 1. The molecule has 2 aromatic heterocycles. The van der Waals surface area contributed by atoms with Gasteiger partial charge in [0.15, 0.2) is 10.5 Å². The number of ether oxygens (including phenoxy) is 1. The van der Waals surface area contributed by atoms with E-state index in [9.17, 15) is 14.4 Å². The van der Waals surface area contributed by atoms with Gasteiger partial charge in [-0.2, -0.15) is 0 Å². The Morgan fingerprint density at radius 2 is 2.18 bits per heavy atom. The lowest BCUT2D eigenvalue weighted by Gasteiger charge is -2.29. The molecule has 0 bridgehead atoms. The molecular formula is C18H15N5O4S. The summed E-state index contributed by atoms with van der Waals surface area (Å²) in [6.45, 7) is 0.316. The van der Waals surface area contributed by atoms with E-state index in [2.05, 4.69) is 15.6 Å². The third kappa shape index (κ3) is 2.31. The van der Waals surface area contributed by atoms with E-state index in [0.29, 0.717) is 28.5 Å². The molecule has 2 aliphatic heterocycles. The number of fused-ring (bicyclic) bond motifs is 2. The van der Waals surface area contributed by atoms with E-state index in [-0.39, 0.29) is 12.5 Å². The van der Waals surface area contributed by atoms with Crippen molar-refractivity contribution in [3.8, 4) is 5.75 Å². The molecule has 4 heterocycles. The van der Waals surface area contributed by atoms with Crippen LogP contribution in [0.25, 0.3) is 4.96 Å². The molecule has 28 heavy (non-hydrogen) atoms. The number of nitrogens with one attached hydrogen (secondary N) is 2. The number of carbonyl (C=O) groups excluding carboxylic acids is 3. The Morgan fingerprint density at radius 1 is 1.32 bits per heavy atom. The van der Waals surface area contributed by atoms with Crippen molar-refractivity contribution >= 4 is 34.1 Å². The first-order valence-electron chi connectivity index (χ1n) is 8.53. The summed E-state index contributed by atoms with van der Waals surface area (Å²) in [5.41, 5.74) is 0.329. The fraction of sp³-hybridized carbons (Fsp3) is 0.222. The van der Waals surface area contributed by atoms with E-state index in [1.165, 1.54) is 18.4 Å². The number of urea groups is 1. The number of aromatic nitrogens is 2. The van der Waals surface area contributed by atoms with Crippen molar-refractivity contribution in [1.29, 1.82) is 0 Å². The SMILES string of the molecule is COc1ccc2c(c1)C(=O)N(CC1(c3cn4ccsc4n3)NC(=O)NC1=O)C2. The Bertz CT molecular complexity index is 1120. The standard InChI is InChI=1S/C18H15N5O4S/c1-27-11-3-2-10-7-23(14(24)12(10)6-11)9-18(15(25)20-16(26)21-18)13-8-22-4-5-28-17(22)19-13/h2-6,8H,7,9H2,1H3,(H2,20,21,25,26). The first kappa shape index (κ1) is 16.8. The van der Waals surface area contributed by atoms with Crippen molar-refractivity contribution in [2.45, 2.75) is 12.1 Å². The lowest BCUT2D eigenvalue weighted by molar-refractivity contribution is -0.124. The number of imidazole rings is 1. The van der Waals surface area contributed by atoms with Crippen molar-refractivity contribution in [2.75, 3.05) is 13.7 Å². The fourth-order valence-corrected chi connectivity index (χ4v) is 4.38. The molecule has 0 saturated carbocycles. The molecule has 2 N–H and O–H groups in total. The summed E-state index contributed by atoms with van der Waals surface area (Å²) >= 11 is 1.42. The third-order valence-corrected chi connectivity index (χ3v) is 5.87. The van der Waals surface area contributed by atoms with Gasteiger partial charge in [-0.25, -0.2) is 9.78 Å². The summed E-state index contributed by atoms with van der Waals surface area (Å²) in [4.78, 5) is 44.4. The van der Waals surface area contributed by atoms with E-state index in [1.807, 2.05) is 17.6 Å². The van der Waals surface area contributed by atoms with E-state index in [1.54, 1.807) is 27.6 Å². The van der Waals surface area contributed by atoms with Gasteiger partial charge in [-0.15, -0.1) is 11.3 Å². The highest BCUT2D eigenvalue weighted by Gasteiger charge is 2.52. The number of nitrogens with zero attached hydrogens (tertiary/aromatic N) is 3. The molecule has 4 amide bonds. The van der Waals surface area contributed by atoms with Crippen LogP contribution < -0.4 is 15.4 Å². The Morgan fingerprint density at radius 3 is 2.89 bits per heavy atom. The summed E-state index contributed by atoms with van der Waals surface area (Å²) < 4.78 is 6.98. The maximum absolute atomic E-state index is 12.9. The fourth-order valence-electron chi connectivity index (χ4n) is 3.68. The van der Waals surface area contributed by atoms with Crippen LogP contribution in [0.2, 0.25) is 0 Å². The smallest absolute Gasteiger partial charge is 0.322 e. The molecule has 142 valence electrons. The molecule has 0 spiro atoms. The van der Waals surface area contributed by atoms with Crippen LogP contribution in [0.5, 0.6) is 5.75 Å². The number of imide groups is 1.